The van der Waals surface area contributed by atoms with Gasteiger partial charge in [0.2, 0.25) is 5.89 Å². The zero-order valence-electron chi connectivity index (χ0n) is 21.2. The van der Waals surface area contributed by atoms with Gasteiger partial charge in [0.25, 0.3) is 0 Å². The van der Waals surface area contributed by atoms with Crippen LogP contribution in [0.3, 0.4) is 0 Å². The van der Waals surface area contributed by atoms with Gasteiger partial charge in [-0.1, -0.05) is 92.3 Å². The molecule has 4 rings (SSSR count). The van der Waals surface area contributed by atoms with Crippen molar-refractivity contribution >= 4 is 0 Å². The summed E-state index contributed by atoms with van der Waals surface area (Å²) in [7, 11) is 4.46. The van der Waals surface area contributed by atoms with Crippen molar-refractivity contribution in [2.45, 2.75) is 64.5 Å². The number of rotatable bonds is 11. The third-order valence-corrected chi connectivity index (χ3v) is 7.18. The molecule has 0 saturated heterocycles. The van der Waals surface area contributed by atoms with Crippen molar-refractivity contribution < 1.29 is 13.6 Å². The van der Waals surface area contributed by atoms with E-state index in [0.717, 1.165) is 48.2 Å². The Morgan fingerprint density at radius 3 is 2.47 bits per heavy atom. The van der Waals surface area contributed by atoms with Crippen LogP contribution in [-0.4, -0.2) is 36.7 Å². The largest absolute Gasteiger partial charge is 0.439 e. The first-order valence-corrected chi connectivity index (χ1v) is 12.9. The second-order valence-electron chi connectivity index (χ2n) is 10.7. The predicted molar refractivity (Wildman–Crippen MR) is 137 cm³/mol. The molecule has 0 amide bonds. The number of likely N-dealkylation sites (N-methyl/N-ethyl adjacent to an activating group) is 1. The normalized spacial score (nSPS) is 16.0. The minimum atomic E-state index is 0.242. The highest BCUT2D eigenvalue weighted by Crippen LogP contribution is 2.36. The molecule has 1 saturated carbocycles. The molecule has 4 heteroatoms. The van der Waals surface area contributed by atoms with E-state index in [1.54, 1.807) is 0 Å². The maximum atomic E-state index is 6.40. The Balaban J connectivity index is 1.34. The molecule has 4 nitrogen and oxygen atoms in total. The summed E-state index contributed by atoms with van der Waals surface area (Å²) < 4.78 is 13.2. The summed E-state index contributed by atoms with van der Waals surface area (Å²) >= 11 is 0. The van der Waals surface area contributed by atoms with E-state index in [0.29, 0.717) is 6.61 Å². The topological polar surface area (TPSA) is 35.3 Å². The maximum Gasteiger partial charge on any atom is 0.202 e. The maximum absolute atomic E-state index is 6.40. The average Bonchev–Trinajstić information content (AvgIpc) is 3.30. The second-order valence-corrected chi connectivity index (χ2v) is 10.7. The number of hydrogen-bond acceptors (Lipinski definition) is 3. The molecule has 1 atom stereocenters. The van der Waals surface area contributed by atoms with Gasteiger partial charge in [-0.2, -0.15) is 0 Å². The van der Waals surface area contributed by atoms with Crippen LogP contribution >= 0.6 is 0 Å². The molecule has 1 heterocycles. The molecule has 34 heavy (non-hydrogen) atoms. The SMILES string of the molecule is Cc1ccc(COCC[N+](C)(C)Cc2cnc(C(CC3CCCCC3)c3ccccc3)o2)cc1. The summed E-state index contributed by atoms with van der Waals surface area (Å²) in [5.74, 6) is 2.85. The number of aromatic nitrogens is 1. The first kappa shape index (κ1) is 24.7. The van der Waals surface area contributed by atoms with Crippen molar-refractivity contribution in [3.8, 4) is 0 Å². The van der Waals surface area contributed by atoms with Crippen molar-refractivity contribution in [2.24, 2.45) is 5.92 Å². The summed E-state index contributed by atoms with van der Waals surface area (Å²) in [6.45, 7) is 5.22. The Morgan fingerprint density at radius 2 is 1.74 bits per heavy atom. The van der Waals surface area contributed by atoms with Gasteiger partial charge in [0.1, 0.15) is 13.1 Å². The average molecular weight is 462 g/mol. The van der Waals surface area contributed by atoms with Gasteiger partial charge in [-0.15, -0.1) is 0 Å². The quantitative estimate of drug-likeness (QED) is 0.231. The molecule has 0 radical (unpaired) electrons. The number of hydrogen-bond donors (Lipinski definition) is 0. The van der Waals surface area contributed by atoms with Crippen molar-refractivity contribution in [2.75, 3.05) is 27.2 Å². The minimum Gasteiger partial charge on any atom is -0.439 e. The van der Waals surface area contributed by atoms with E-state index >= 15 is 0 Å². The van der Waals surface area contributed by atoms with Gasteiger partial charge in [0, 0.05) is 0 Å². The van der Waals surface area contributed by atoms with Crippen LogP contribution in [0.1, 0.15) is 72.8 Å². The van der Waals surface area contributed by atoms with E-state index in [1.807, 2.05) is 6.20 Å². The summed E-state index contributed by atoms with van der Waals surface area (Å²) in [4.78, 5) is 4.78. The highest BCUT2D eigenvalue weighted by Gasteiger charge is 2.26. The molecule has 1 fully saturated rings. The molecule has 182 valence electrons. The Bertz CT molecular complexity index is 988. The molecule has 0 N–H and O–H groups in total. The highest BCUT2D eigenvalue weighted by molar-refractivity contribution is 5.25. The Labute approximate surface area is 205 Å². The molecule has 3 aromatic rings. The first-order chi connectivity index (χ1) is 16.5. The number of oxazole rings is 1. The number of ether oxygens (including phenoxy) is 1. The van der Waals surface area contributed by atoms with Gasteiger partial charge in [-0.05, 0) is 30.4 Å². The monoisotopic (exact) mass is 461 g/mol. The number of nitrogens with zero attached hydrogens (tertiary/aromatic N) is 2. The molecule has 1 aliphatic carbocycles. The minimum absolute atomic E-state index is 0.242. The highest BCUT2D eigenvalue weighted by atomic mass is 16.5. The van der Waals surface area contributed by atoms with Gasteiger partial charge in [0.05, 0.1) is 39.4 Å². The molecular weight excluding hydrogens is 420 g/mol. The van der Waals surface area contributed by atoms with Gasteiger partial charge in [-0.3, -0.25) is 0 Å². The summed E-state index contributed by atoms with van der Waals surface area (Å²) in [5, 5.41) is 0. The Morgan fingerprint density at radius 1 is 1.00 bits per heavy atom. The fourth-order valence-corrected chi connectivity index (χ4v) is 5.06. The number of aryl methyl sites for hydroxylation is 1. The van der Waals surface area contributed by atoms with Crippen LogP contribution < -0.4 is 0 Å². The molecule has 0 aliphatic heterocycles. The van der Waals surface area contributed by atoms with Crippen molar-refractivity contribution in [3.63, 3.8) is 0 Å². The fraction of sp³-hybridized carbons (Fsp3) is 0.500. The van der Waals surface area contributed by atoms with E-state index < -0.39 is 0 Å². The van der Waals surface area contributed by atoms with E-state index in [9.17, 15) is 0 Å². The van der Waals surface area contributed by atoms with Gasteiger partial charge in [0.15, 0.2) is 5.76 Å². The summed E-state index contributed by atoms with van der Waals surface area (Å²) in [6.07, 6.45) is 9.86. The molecule has 0 spiro atoms. The van der Waals surface area contributed by atoms with Gasteiger partial charge >= 0.3 is 0 Å². The molecule has 1 unspecified atom stereocenters. The predicted octanol–water partition coefficient (Wildman–Crippen LogP) is 6.88. The zero-order valence-corrected chi connectivity index (χ0v) is 21.2. The first-order valence-electron chi connectivity index (χ1n) is 12.9. The van der Waals surface area contributed by atoms with Crippen LogP contribution in [0.4, 0.5) is 0 Å². The standard InChI is InChI=1S/C30H41N2O2/c1-24-14-16-26(17-15-24)23-33-19-18-32(2,3)22-28-21-31-30(34-28)29(27-12-8-5-9-13-27)20-25-10-6-4-7-11-25/h5,8-9,12-17,21,25,29H,4,6-7,10-11,18-20,22-23H2,1-3H3/q+1. The summed E-state index contributed by atoms with van der Waals surface area (Å²) in [5.41, 5.74) is 3.82. The third-order valence-electron chi connectivity index (χ3n) is 7.18. The number of quaternary nitrogens is 1. The molecule has 1 aliphatic rings. The van der Waals surface area contributed by atoms with Crippen LogP contribution in [0.2, 0.25) is 0 Å². The smallest absolute Gasteiger partial charge is 0.202 e. The van der Waals surface area contributed by atoms with E-state index in [2.05, 4.69) is 75.6 Å². The van der Waals surface area contributed by atoms with Gasteiger partial charge in [-0.25, -0.2) is 4.98 Å². The molecule has 1 aromatic heterocycles. The lowest BCUT2D eigenvalue weighted by Crippen LogP contribution is -2.41. The van der Waals surface area contributed by atoms with Crippen LogP contribution in [0.5, 0.6) is 0 Å². The second kappa shape index (κ2) is 11.8. The molecule has 2 aromatic carbocycles. The van der Waals surface area contributed by atoms with E-state index in [4.69, 9.17) is 14.1 Å². The van der Waals surface area contributed by atoms with Crippen molar-refractivity contribution in [1.82, 2.24) is 4.98 Å². The van der Waals surface area contributed by atoms with Gasteiger partial charge < -0.3 is 13.6 Å². The lowest BCUT2D eigenvalue weighted by atomic mass is 9.80. The number of benzene rings is 2. The van der Waals surface area contributed by atoms with Crippen molar-refractivity contribution in [3.05, 3.63) is 89.1 Å². The lowest BCUT2D eigenvalue weighted by Gasteiger charge is -2.28. The fourth-order valence-electron chi connectivity index (χ4n) is 5.06. The van der Waals surface area contributed by atoms with Crippen LogP contribution in [0.15, 0.2) is 65.2 Å². The zero-order chi connectivity index (χ0) is 23.8. The third kappa shape index (κ3) is 7.28. The Hall–Kier alpha value is -2.43. The molecule has 0 bridgehead atoms. The Kier molecular flexibility index (Phi) is 8.58. The van der Waals surface area contributed by atoms with E-state index in [1.165, 1.54) is 48.8 Å². The molecular formula is C30H41N2O2+. The van der Waals surface area contributed by atoms with Crippen LogP contribution in [0, 0.1) is 12.8 Å². The van der Waals surface area contributed by atoms with Crippen LogP contribution in [-0.2, 0) is 17.9 Å². The van der Waals surface area contributed by atoms with Crippen molar-refractivity contribution in [1.29, 1.82) is 0 Å². The van der Waals surface area contributed by atoms with Crippen LogP contribution in [0.25, 0.3) is 0 Å². The lowest BCUT2D eigenvalue weighted by molar-refractivity contribution is -0.905. The van der Waals surface area contributed by atoms with E-state index in [-0.39, 0.29) is 5.92 Å². The summed E-state index contributed by atoms with van der Waals surface area (Å²) in [6, 6.07) is 19.3.